The van der Waals surface area contributed by atoms with Gasteiger partial charge < -0.3 is 19.3 Å². The molecule has 12 heteroatoms. The van der Waals surface area contributed by atoms with Crippen molar-refractivity contribution >= 4 is 12.0 Å². The highest BCUT2D eigenvalue weighted by Crippen LogP contribution is 2.48. The molecule has 5 heterocycles. The number of rotatable bonds is 6. The largest absolute Gasteiger partial charge is 0.473 e. The molecule has 4 aromatic rings. The summed E-state index contributed by atoms with van der Waals surface area (Å²) >= 11 is 0. The highest BCUT2D eigenvalue weighted by atomic mass is 19.1. The number of nitrogens with zero attached hydrogens (tertiary/aromatic N) is 7. The smallest absolute Gasteiger partial charge is 0.415 e. The first-order valence-corrected chi connectivity index (χ1v) is 14.4. The lowest BCUT2D eigenvalue weighted by Gasteiger charge is -2.21. The summed E-state index contributed by atoms with van der Waals surface area (Å²) in [5, 5.41) is 4.42. The lowest BCUT2D eigenvalue weighted by molar-refractivity contribution is 0.0751. The number of hydrogen-bond acceptors (Lipinski definition) is 8. The molecule has 4 atom stereocenters. The second-order valence-corrected chi connectivity index (χ2v) is 11.3. The topological polar surface area (TPSA) is 116 Å². The fourth-order valence-electron chi connectivity index (χ4n) is 6.04. The number of pyridine rings is 1. The number of hydrogen-bond donors (Lipinski definition) is 0. The van der Waals surface area contributed by atoms with E-state index in [1.165, 1.54) is 16.8 Å². The van der Waals surface area contributed by atoms with E-state index < -0.39 is 6.09 Å². The number of carbonyl (C=O) groups is 2. The van der Waals surface area contributed by atoms with E-state index in [2.05, 4.69) is 20.1 Å². The van der Waals surface area contributed by atoms with Gasteiger partial charge in [0, 0.05) is 73.8 Å². The molecule has 2 amide bonds. The zero-order valence-corrected chi connectivity index (χ0v) is 23.8. The molecule has 3 aromatic heterocycles. The quantitative estimate of drug-likeness (QED) is 0.330. The Bertz CT molecular complexity index is 1670. The Labute approximate surface area is 247 Å². The summed E-state index contributed by atoms with van der Waals surface area (Å²) in [5.74, 6) is 0.896. The third-order valence-corrected chi connectivity index (χ3v) is 8.45. The summed E-state index contributed by atoms with van der Waals surface area (Å²) in [6, 6.07) is 11.1. The second-order valence-electron chi connectivity index (χ2n) is 11.3. The van der Waals surface area contributed by atoms with Gasteiger partial charge in [0.1, 0.15) is 17.7 Å². The van der Waals surface area contributed by atoms with Crippen molar-refractivity contribution in [1.82, 2.24) is 34.5 Å². The average Bonchev–Trinajstić information content (AvgIpc) is 3.43. The Kier molecular flexibility index (Phi) is 6.75. The van der Waals surface area contributed by atoms with Gasteiger partial charge in [0.2, 0.25) is 11.8 Å². The lowest BCUT2D eigenvalue weighted by Crippen LogP contribution is -2.35. The zero-order valence-electron chi connectivity index (χ0n) is 23.8. The van der Waals surface area contributed by atoms with Gasteiger partial charge in [0.05, 0.1) is 17.0 Å². The monoisotopic (exact) mass is 583 g/mol. The minimum Gasteiger partial charge on any atom is -0.473 e. The van der Waals surface area contributed by atoms with E-state index in [1.54, 1.807) is 60.7 Å². The lowest BCUT2D eigenvalue weighted by atomic mass is 10.1. The number of aromatic nitrogens is 5. The number of fused-ring (bicyclic) bond motifs is 1. The molecule has 220 valence electrons. The highest BCUT2D eigenvalue weighted by Gasteiger charge is 2.59. The fraction of sp³-hybridized carbons (Fsp3) is 0.355. The van der Waals surface area contributed by atoms with Crippen molar-refractivity contribution in [2.24, 2.45) is 11.8 Å². The van der Waals surface area contributed by atoms with Gasteiger partial charge in [-0.25, -0.2) is 28.8 Å². The molecule has 1 aliphatic carbocycles. The maximum Gasteiger partial charge on any atom is 0.415 e. The van der Waals surface area contributed by atoms with Crippen LogP contribution in [0.1, 0.15) is 35.8 Å². The maximum atomic E-state index is 13.6. The molecular formula is C31H30FN7O4. The summed E-state index contributed by atoms with van der Waals surface area (Å²) in [5.41, 5.74) is 2.30. The molecule has 1 saturated carbocycles. The molecule has 0 N–H and O–H groups in total. The van der Waals surface area contributed by atoms with Crippen LogP contribution in [0.4, 0.5) is 9.18 Å². The van der Waals surface area contributed by atoms with Crippen molar-refractivity contribution in [3.05, 3.63) is 78.1 Å². The predicted octanol–water partition coefficient (Wildman–Crippen LogP) is 4.30. The molecule has 0 bridgehead atoms. The predicted molar refractivity (Wildman–Crippen MR) is 152 cm³/mol. The van der Waals surface area contributed by atoms with Crippen LogP contribution in [-0.2, 0) is 0 Å². The van der Waals surface area contributed by atoms with E-state index in [0.717, 1.165) is 12.8 Å². The van der Waals surface area contributed by atoms with E-state index >= 15 is 0 Å². The zero-order chi connectivity index (χ0) is 29.7. The third kappa shape index (κ3) is 5.28. The van der Waals surface area contributed by atoms with Gasteiger partial charge >= 0.3 is 6.09 Å². The van der Waals surface area contributed by atoms with E-state index in [0.29, 0.717) is 59.7 Å². The summed E-state index contributed by atoms with van der Waals surface area (Å²) in [6.45, 7) is 5.55. The van der Waals surface area contributed by atoms with E-state index in [9.17, 15) is 14.0 Å². The van der Waals surface area contributed by atoms with Crippen LogP contribution in [0.15, 0.2) is 61.1 Å². The van der Waals surface area contributed by atoms with E-state index in [1.807, 2.05) is 11.8 Å². The summed E-state index contributed by atoms with van der Waals surface area (Å²) in [7, 11) is 0. The molecule has 2 aliphatic heterocycles. The second kappa shape index (κ2) is 10.8. The number of piperidine rings is 1. The number of carbonyl (C=O) groups excluding carboxylic acids is 2. The van der Waals surface area contributed by atoms with Crippen LogP contribution in [0.2, 0.25) is 0 Å². The van der Waals surface area contributed by atoms with Crippen molar-refractivity contribution in [2.45, 2.75) is 38.8 Å². The van der Waals surface area contributed by atoms with Gasteiger partial charge in [-0.05, 0) is 57.0 Å². The maximum absolute atomic E-state index is 13.6. The number of halogens is 1. The fourth-order valence-corrected chi connectivity index (χ4v) is 6.04. The molecule has 0 radical (unpaired) electrons. The van der Waals surface area contributed by atoms with Gasteiger partial charge in [-0.1, -0.05) is 0 Å². The highest BCUT2D eigenvalue weighted by molar-refractivity contribution is 5.95. The normalized spacial score (nSPS) is 22.4. The Hall–Kier alpha value is -4.87. The number of aryl methyl sites for hydroxylation is 1. The Morgan fingerprint density at radius 3 is 2.49 bits per heavy atom. The first-order chi connectivity index (χ1) is 20.8. The van der Waals surface area contributed by atoms with Crippen LogP contribution in [0.25, 0.3) is 17.2 Å². The number of likely N-dealkylation sites (tertiary alicyclic amines) is 2. The number of ether oxygens (including phenoxy) is 2. The average molecular weight is 584 g/mol. The summed E-state index contributed by atoms with van der Waals surface area (Å²) in [6.07, 6.45) is 6.26. The molecule has 3 fully saturated rings. The molecule has 3 aliphatic rings. The molecule has 7 rings (SSSR count). The van der Waals surface area contributed by atoms with Crippen LogP contribution in [-0.4, -0.2) is 78.3 Å². The number of amides is 2. The van der Waals surface area contributed by atoms with E-state index in [4.69, 9.17) is 9.47 Å². The summed E-state index contributed by atoms with van der Waals surface area (Å²) in [4.78, 5) is 42.8. The number of benzene rings is 1. The van der Waals surface area contributed by atoms with Gasteiger partial charge in [0.15, 0.2) is 0 Å². The van der Waals surface area contributed by atoms with Crippen LogP contribution < -0.4 is 9.47 Å². The first kappa shape index (κ1) is 27.0. The van der Waals surface area contributed by atoms with Crippen LogP contribution in [0.5, 0.6) is 11.6 Å². The molecule has 43 heavy (non-hydrogen) atoms. The SMILES string of the molecule is Cc1nn(-c2ncccn2)cc1C(=O)N1C[C@@H]2C(Oc3cc(OC(=O)N4CCCC4C)cc(-c4ccc(F)cc4)n3)[C@@H]2C1. The van der Waals surface area contributed by atoms with Gasteiger partial charge in [-0.2, -0.15) is 5.10 Å². The van der Waals surface area contributed by atoms with Crippen LogP contribution in [0.3, 0.4) is 0 Å². The molecular weight excluding hydrogens is 553 g/mol. The Morgan fingerprint density at radius 1 is 1.05 bits per heavy atom. The van der Waals surface area contributed by atoms with Crippen molar-refractivity contribution in [3.63, 3.8) is 0 Å². The van der Waals surface area contributed by atoms with E-state index in [-0.39, 0.29) is 35.7 Å². The van der Waals surface area contributed by atoms with Crippen molar-refractivity contribution in [3.8, 4) is 28.8 Å². The minimum absolute atomic E-state index is 0.0904. The van der Waals surface area contributed by atoms with Crippen molar-refractivity contribution in [1.29, 1.82) is 0 Å². The van der Waals surface area contributed by atoms with Crippen molar-refractivity contribution < 1.29 is 23.5 Å². The standard InChI is InChI=1S/C31H30FN7O4/c1-18-5-3-12-38(18)31(41)42-22-13-26(20-6-8-21(32)9-7-20)35-27(14-22)43-28-24-15-37(16-25(24)28)29(40)23-17-39(36-19(23)2)30-33-10-4-11-34-30/h4,6-11,13-14,17-18,24-25,28H,3,5,12,15-16H2,1-2H3/t18?,24-,25+,28?. The molecule has 11 nitrogen and oxygen atoms in total. The minimum atomic E-state index is -0.415. The van der Waals surface area contributed by atoms with Crippen LogP contribution >= 0.6 is 0 Å². The molecule has 0 spiro atoms. The van der Waals surface area contributed by atoms with Gasteiger partial charge in [-0.15, -0.1) is 0 Å². The summed E-state index contributed by atoms with van der Waals surface area (Å²) < 4.78 is 27.2. The first-order valence-electron chi connectivity index (χ1n) is 14.4. The Balaban J connectivity index is 1.05. The van der Waals surface area contributed by atoms with Gasteiger partial charge in [0.25, 0.3) is 5.91 Å². The molecule has 2 saturated heterocycles. The third-order valence-electron chi connectivity index (χ3n) is 8.45. The van der Waals surface area contributed by atoms with Gasteiger partial charge in [-0.3, -0.25) is 4.79 Å². The molecule has 1 aromatic carbocycles. The van der Waals surface area contributed by atoms with Crippen molar-refractivity contribution in [2.75, 3.05) is 19.6 Å². The molecule has 2 unspecified atom stereocenters. The van der Waals surface area contributed by atoms with Crippen LogP contribution in [0, 0.1) is 24.6 Å². The Morgan fingerprint density at radius 2 is 1.79 bits per heavy atom.